The lowest BCUT2D eigenvalue weighted by molar-refractivity contribution is -0.121. The van der Waals surface area contributed by atoms with Gasteiger partial charge in [0.25, 0.3) is 0 Å². The number of nitrogens with zero attached hydrogens (tertiary/aromatic N) is 1. The van der Waals surface area contributed by atoms with Crippen molar-refractivity contribution in [1.29, 1.82) is 0 Å². The molecule has 2 heterocycles. The van der Waals surface area contributed by atoms with Crippen LogP contribution in [0, 0.1) is 5.41 Å². The molecular formula is C20H28N2O3. The molecule has 0 bridgehead atoms. The van der Waals surface area contributed by atoms with E-state index in [2.05, 4.69) is 10.2 Å². The van der Waals surface area contributed by atoms with E-state index in [1.807, 2.05) is 18.2 Å². The number of benzene rings is 1. The van der Waals surface area contributed by atoms with E-state index < -0.39 is 0 Å². The number of carbonyl (C=O) groups is 1. The topological polar surface area (TPSA) is 50.8 Å². The normalized spacial score (nSPS) is 21.1. The largest absolute Gasteiger partial charge is 0.454 e. The lowest BCUT2D eigenvalue weighted by atomic mass is 10.0. The van der Waals surface area contributed by atoms with Crippen LogP contribution in [0.25, 0.3) is 0 Å². The Morgan fingerprint density at radius 1 is 1.12 bits per heavy atom. The van der Waals surface area contributed by atoms with Crippen molar-refractivity contribution in [2.75, 3.05) is 33.0 Å². The molecule has 1 saturated carbocycles. The highest BCUT2D eigenvalue weighted by Crippen LogP contribution is 2.46. The number of hydrogen-bond donors (Lipinski definition) is 1. The second kappa shape index (κ2) is 7.24. The molecule has 0 aromatic heterocycles. The lowest BCUT2D eigenvalue weighted by Crippen LogP contribution is -2.40. The van der Waals surface area contributed by atoms with E-state index in [9.17, 15) is 4.79 Å². The molecule has 0 atom stereocenters. The smallest absolute Gasteiger partial charge is 0.231 e. The number of ether oxygens (including phenoxy) is 2. The molecule has 25 heavy (non-hydrogen) atoms. The number of fused-ring (bicyclic) bond motifs is 1. The first-order chi connectivity index (χ1) is 12.2. The molecule has 1 amide bonds. The van der Waals surface area contributed by atoms with Crippen LogP contribution in [0.2, 0.25) is 0 Å². The summed E-state index contributed by atoms with van der Waals surface area (Å²) >= 11 is 0. The summed E-state index contributed by atoms with van der Waals surface area (Å²) < 4.78 is 10.7. The molecule has 2 aliphatic heterocycles. The van der Waals surface area contributed by atoms with Crippen LogP contribution < -0.4 is 14.8 Å². The van der Waals surface area contributed by atoms with Gasteiger partial charge >= 0.3 is 0 Å². The summed E-state index contributed by atoms with van der Waals surface area (Å²) in [5.74, 6) is 1.74. The number of carbonyl (C=O) groups excluding carboxylic acids is 1. The van der Waals surface area contributed by atoms with Crippen LogP contribution in [0.3, 0.4) is 0 Å². The van der Waals surface area contributed by atoms with E-state index in [0.717, 1.165) is 36.6 Å². The van der Waals surface area contributed by atoms with Crippen molar-refractivity contribution in [2.24, 2.45) is 5.41 Å². The second-order valence-corrected chi connectivity index (χ2v) is 7.80. The summed E-state index contributed by atoms with van der Waals surface area (Å²) in [6, 6.07) is 5.92. The molecule has 5 heteroatoms. The number of amides is 1. The molecule has 0 unspecified atom stereocenters. The minimum Gasteiger partial charge on any atom is -0.454 e. The Kier molecular flexibility index (Phi) is 4.84. The van der Waals surface area contributed by atoms with Gasteiger partial charge in [0, 0.05) is 24.9 Å². The average molecular weight is 344 g/mol. The molecule has 0 radical (unpaired) electrons. The number of aryl methyl sites for hydroxylation is 1. The summed E-state index contributed by atoms with van der Waals surface area (Å²) in [5.41, 5.74) is 1.47. The zero-order valence-electron chi connectivity index (χ0n) is 14.9. The SMILES string of the molecule is O=C(CCc1ccc2c(c1)OCO2)NCC1(CN2CCCCC2)CC1. The van der Waals surface area contributed by atoms with Crippen molar-refractivity contribution >= 4 is 5.91 Å². The number of nitrogens with one attached hydrogen (secondary N) is 1. The minimum absolute atomic E-state index is 0.155. The van der Waals surface area contributed by atoms with E-state index in [-0.39, 0.29) is 5.91 Å². The maximum absolute atomic E-state index is 12.2. The average Bonchev–Trinajstić information content (AvgIpc) is 3.24. The van der Waals surface area contributed by atoms with Gasteiger partial charge in [0.15, 0.2) is 11.5 Å². The molecule has 0 spiro atoms. The highest BCUT2D eigenvalue weighted by Gasteiger charge is 2.43. The zero-order chi connectivity index (χ0) is 17.1. The number of hydrogen-bond acceptors (Lipinski definition) is 4. The Morgan fingerprint density at radius 2 is 1.92 bits per heavy atom. The van der Waals surface area contributed by atoms with E-state index in [1.54, 1.807) is 0 Å². The van der Waals surface area contributed by atoms with Gasteiger partial charge in [-0.25, -0.2) is 0 Å². The first kappa shape index (κ1) is 16.7. The van der Waals surface area contributed by atoms with E-state index in [1.165, 1.54) is 45.2 Å². The lowest BCUT2D eigenvalue weighted by Gasteiger charge is -2.30. The van der Waals surface area contributed by atoms with Gasteiger partial charge in [-0.15, -0.1) is 0 Å². The molecule has 136 valence electrons. The van der Waals surface area contributed by atoms with Gasteiger partial charge in [-0.1, -0.05) is 12.5 Å². The van der Waals surface area contributed by atoms with Crippen molar-refractivity contribution in [3.63, 3.8) is 0 Å². The van der Waals surface area contributed by atoms with Crippen LogP contribution in [-0.2, 0) is 11.2 Å². The van der Waals surface area contributed by atoms with Gasteiger partial charge < -0.3 is 19.7 Å². The Balaban J connectivity index is 1.20. The molecule has 3 aliphatic rings. The summed E-state index contributed by atoms with van der Waals surface area (Å²) in [4.78, 5) is 14.8. The van der Waals surface area contributed by atoms with Crippen LogP contribution in [0.5, 0.6) is 11.5 Å². The summed E-state index contributed by atoms with van der Waals surface area (Å²) in [7, 11) is 0. The quantitative estimate of drug-likeness (QED) is 0.826. The van der Waals surface area contributed by atoms with Gasteiger partial charge in [0.1, 0.15) is 0 Å². The fourth-order valence-electron chi connectivity index (χ4n) is 3.89. The highest BCUT2D eigenvalue weighted by molar-refractivity contribution is 5.76. The van der Waals surface area contributed by atoms with Gasteiger partial charge in [0.2, 0.25) is 12.7 Å². The van der Waals surface area contributed by atoms with Gasteiger partial charge in [-0.3, -0.25) is 4.79 Å². The molecule has 1 aromatic rings. The minimum atomic E-state index is 0.155. The Hall–Kier alpha value is -1.75. The van der Waals surface area contributed by atoms with Crippen LogP contribution in [-0.4, -0.2) is 43.8 Å². The van der Waals surface area contributed by atoms with Crippen molar-refractivity contribution in [3.8, 4) is 11.5 Å². The Morgan fingerprint density at radius 3 is 2.72 bits per heavy atom. The third-order valence-corrected chi connectivity index (χ3v) is 5.70. The molecular weight excluding hydrogens is 316 g/mol. The van der Waals surface area contributed by atoms with Crippen molar-refractivity contribution in [1.82, 2.24) is 10.2 Å². The highest BCUT2D eigenvalue weighted by atomic mass is 16.7. The summed E-state index contributed by atoms with van der Waals surface area (Å²) in [6.07, 6.45) is 7.81. The van der Waals surface area contributed by atoms with E-state index in [0.29, 0.717) is 18.6 Å². The predicted octanol–water partition coefficient (Wildman–Crippen LogP) is 2.73. The molecule has 1 aromatic carbocycles. The third kappa shape index (κ3) is 4.27. The van der Waals surface area contributed by atoms with Crippen LogP contribution in [0.4, 0.5) is 0 Å². The predicted molar refractivity (Wildman–Crippen MR) is 95.9 cm³/mol. The number of likely N-dealkylation sites (tertiary alicyclic amines) is 1. The maximum Gasteiger partial charge on any atom is 0.231 e. The van der Waals surface area contributed by atoms with Gasteiger partial charge in [0.05, 0.1) is 0 Å². The third-order valence-electron chi connectivity index (χ3n) is 5.70. The van der Waals surface area contributed by atoms with Crippen molar-refractivity contribution in [3.05, 3.63) is 23.8 Å². The standard InChI is InChI=1S/C20H28N2O3/c23-19(7-5-16-4-6-17-18(12-16)25-15-24-17)21-13-20(8-9-20)14-22-10-2-1-3-11-22/h4,6,12H,1-3,5,7-11,13-15H2,(H,21,23). The summed E-state index contributed by atoms with van der Waals surface area (Å²) in [6.45, 7) is 4.76. The van der Waals surface area contributed by atoms with Crippen LogP contribution in [0.15, 0.2) is 18.2 Å². The maximum atomic E-state index is 12.2. The fourth-order valence-corrected chi connectivity index (χ4v) is 3.89. The number of piperidine rings is 1. The van der Waals surface area contributed by atoms with Crippen molar-refractivity contribution < 1.29 is 14.3 Å². The van der Waals surface area contributed by atoms with E-state index >= 15 is 0 Å². The Labute approximate surface area is 149 Å². The van der Waals surface area contributed by atoms with Crippen LogP contribution in [0.1, 0.15) is 44.1 Å². The molecule has 4 rings (SSSR count). The monoisotopic (exact) mass is 344 g/mol. The molecule has 1 aliphatic carbocycles. The number of rotatable bonds is 7. The Bertz CT molecular complexity index is 621. The zero-order valence-corrected chi connectivity index (χ0v) is 14.9. The van der Waals surface area contributed by atoms with Gasteiger partial charge in [-0.2, -0.15) is 0 Å². The van der Waals surface area contributed by atoms with E-state index in [4.69, 9.17) is 9.47 Å². The second-order valence-electron chi connectivity index (χ2n) is 7.80. The fraction of sp³-hybridized carbons (Fsp3) is 0.650. The van der Waals surface area contributed by atoms with Crippen molar-refractivity contribution in [2.45, 2.75) is 44.9 Å². The first-order valence-corrected chi connectivity index (χ1v) is 9.60. The molecule has 1 saturated heterocycles. The van der Waals surface area contributed by atoms with Gasteiger partial charge in [-0.05, 0) is 62.9 Å². The molecule has 5 nitrogen and oxygen atoms in total. The first-order valence-electron chi connectivity index (χ1n) is 9.60. The summed E-state index contributed by atoms with van der Waals surface area (Å²) in [5, 5.41) is 3.18. The molecule has 1 N–H and O–H groups in total. The molecule has 2 fully saturated rings. The van der Waals surface area contributed by atoms with Crippen LogP contribution >= 0.6 is 0 Å².